The largest absolute Gasteiger partial charge is 0.379 e. The molecule has 154 valence electrons. The molecule has 4 rings (SSSR count). The molecule has 30 heavy (non-hydrogen) atoms. The van der Waals surface area contributed by atoms with E-state index >= 15 is 0 Å². The van der Waals surface area contributed by atoms with Crippen molar-refractivity contribution in [1.82, 2.24) is 14.5 Å². The Bertz CT molecular complexity index is 1090. The van der Waals surface area contributed by atoms with Gasteiger partial charge in [0.2, 0.25) is 0 Å². The molecule has 0 aliphatic carbocycles. The Hall–Kier alpha value is -3.07. The average Bonchev–Trinajstić information content (AvgIpc) is 3.16. The monoisotopic (exact) mass is 401 g/mol. The SMILES string of the molecule is CC(C)n1c(-c2ccc(C#Cc3ccc(CN4CCOCC4)cc3)cc2)c[nH]c1=O. The number of aromatic amines is 1. The van der Waals surface area contributed by atoms with Gasteiger partial charge < -0.3 is 9.72 Å². The molecule has 0 atom stereocenters. The van der Waals surface area contributed by atoms with Crippen LogP contribution in [-0.4, -0.2) is 40.8 Å². The van der Waals surface area contributed by atoms with E-state index in [0.717, 1.165) is 55.2 Å². The Morgan fingerprint density at radius 3 is 2.17 bits per heavy atom. The molecular formula is C25H27N3O2. The van der Waals surface area contributed by atoms with E-state index < -0.39 is 0 Å². The Morgan fingerprint density at radius 1 is 0.967 bits per heavy atom. The van der Waals surface area contributed by atoms with Crippen molar-refractivity contribution in [3.63, 3.8) is 0 Å². The third-order valence-electron chi connectivity index (χ3n) is 5.32. The third kappa shape index (κ3) is 4.73. The Balaban J connectivity index is 1.44. The Labute approximate surface area is 177 Å². The van der Waals surface area contributed by atoms with Crippen LogP contribution in [0.3, 0.4) is 0 Å². The number of ether oxygens (including phenoxy) is 1. The number of nitrogens with zero attached hydrogens (tertiary/aromatic N) is 2. The van der Waals surface area contributed by atoms with Gasteiger partial charge in [-0.15, -0.1) is 0 Å². The molecule has 2 heterocycles. The molecular weight excluding hydrogens is 374 g/mol. The number of aromatic nitrogens is 2. The van der Waals surface area contributed by atoms with Gasteiger partial charge in [-0.3, -0.25) is 9.47 Å². The lowest BCUT2D eigenvalue weighted by Crippen LogP contribution is -2.35. The maximum absolute atomic E-state index is 12.0. The lowest BCUT2D eigenvalue weighted by atomic mass is 10.1. The summed E-state index contributed by atoms with van der Waals surface area (Å²) < 4.78 is 7.17. The summed E-state index contributed by atoms with van der Waals surface area (Å²) in [4.78, 5) is 17.2. The Morgan fingerprint density at radius 2 is 1.57 bits per heavy atom. The first-order chi connectivity index (χ1) is 14.6. The van der Waals surface area contributed by atoms with Crippen LogP contribution in [0.25, 0.3) is 11.3 Å². The highest BCUT2D eigenvalue weighted by atomic mass is 16.5. The van der Waals surface area contributed by atoms with Gasteiger partial charge in [0.15, 0.2) is 0 Å². The lowest BCUT2D eigenvalue weighted by Gasteiger charge is -2.26. The molecule has 0 spiro atoms. The fourth-order valence-electron chi connectivity index (χ4n) is 3.69. The molecule has 0 bridgehead atoms. The first-order valence-electron chi connectivity index (χ1n) is 10.4. The van der Waals surface area contributed by atoms with Gasteiger partial charge in [-0.05, 0) is 49.2 Å². The number of hydrogen-bond acceptors (Lipinski definition) is 3. The molecule has 2 aromatic carbocycles. The average molecular weight is 402 g/mol. The minimum atomic E-state index is -0.0825. The summed E-state index contributed by atoms with van der Waals surface area (Å²) in [6, 6.07) is 16.6. The van der Waals surface area contributed by atoms with Crippen LogP contribution >= 0.6 is 0 Å². The highest BCUT2D eigenvalue weighted by Crippen LogP contribution is 2.21. The van der Waals surface area contributed by atoms with E-state index in [9.17, 15) is 4.79 Å². The van der Waals surface area contributed by atoms with Crippen LogP contribution in [0.1, 0.15) is 36.6 Å². The summed E-state index contributed by atoms with van der Waals surface area (Å²) in [6.07, 6.45) is 1.77. The molecule has 1 saturated heterocycles. The van der Waals surface area contributed by atoms with Crippen molar-refractivity contribution in [2.45, 2.75) is 26.4 Å². The predicted octanol–water partition coefficient (Wildman–Crippen LogP) is 3.66. The van der Waals surface area contributed by atoms with Crippen molar-refractivity contribution in [3.8, 4) is 23.1 Å². The van der Waals surface area contributed by atoms with Crippen LogP contribution in [-0.2, 0) is 11.3 Å². The molecule has 0 radical (unpaired) electrons. The van der Waals surface area contributed by atoms with Crippen LogP contribution in [0.4, 0.5) is 0 Å². The molecule has 3 aromatic rings. The highest BCUT2D eigenvalue weighted by Gasteiger charge is 2.11. The zero-order chi connectivity index (χ0) is 20.9. The van der Waals surface area contributed by atoms with Gasteiger partial charge in [-0.2, -0.15) is 0 Å². The zero-order valence-electron chi connectivity index (χ0n) is 17.5. The molecule has 1 aliphatic heterocycles. The first kappa shape index (κ1) is 20.2. The summed E-state index contributed by atoms with van der Waals surface area (Å²) in [7, 11) is 0. The molecule has 1 aromatic heterocycles. The molecule has 0 unspecified atom stereocenters. The number of rotatable bonds is 4. The van der Waals surface area contributed by atoms with Crippen LogP contribution < -0.4 is 5.69 Å². The summed E-state index contributed by atoms with van der Waals surface area (Å²) in [5.41, 5.74) is 5.06. The van der Waals surface area contributed by atoms with Gasteiger partial charge in [0.25, 0.3) is 0 Å². The second-order valence-corrected chi connectivity index (χ2v) is 7.86. The van der Waals surface area contributed by atoms with Crippen LogP contribution in [0.2, 0.25) is 0 Å². The van der Waals surface area contributed by atoms with Gasteiger partial charge in [0, 0.05) is 43.0 Å². The third-order valence-corrected chi connectivity index (χ3v) is 5.32. The molecule has 1 N–H and O–H groups in total. The van der Waals surface area contributed by atoms with E-state index in [-0.39, 0.29) is 11.7 Å². The molecule has 0 amide bonds. The van der Waals surface area contributed by atoms with Gasteiger partial charge in [0.1, 0.15) is 0 Å². The van der Waals surface area contributed by atoms with Crippen molar-refractivity contribution in [2.75, 3.05) is 26.3 Å². The maximum Gasteiger partial charge on any atom is 0.326 e. The van der Waals surface area contributed by atoms with Crippen LogP contribution in [0.5, 0.6) is 0 Å². The van der Waals surface area contributed by atoms with Gasteiger partial charge in [0.05, 0.1) is 18.9 Å². The molecule has 1 aliphatic rings. The number of imidazole rings is 1. The molecule has 5 nitrogen and oxygen atoms in total. The van der Waals surface area contributed by atoms with E-state index in [1.165, 1.54) is 5.56 Å². The summed E-state index contributed by atoms with van der Waals surface area (Å²) >= 11 is 0. The van der Waals surface area contributed by atoms with E-state index in [2.05, 4.69) is 46.0 Å². The van der Waals surface area contributed by atoms with Crippen molar-refractivity contribution < 1.29 is 4.74 Å². The predicted molar refractivity (Wildman–Crippen MR) is 119 cm³/mol. The van der Waals surface area contributed by atoms with Gasteiger partial charge in [-0.1, -0.05) is 36.1 Å². The second kappa shape index (κ2) is 9.17. The standard InChI is InChI=1S/C25H27N3O2/c1-19(2)28-24(17-26-25(28)29)23-11-9-21(10-12-23)4-3-20-5-7-22(8-6-20)18-27-13-15-30-16-14-27/h5-12,17,19H,13-16,18H2,1-2H3,(H,26,29). The second-order valence-electron chi connectivity index (χ2n) is 7.86. The first-order valence-corrected chi connectivity index (χ1v) is 10.4. The number of morpholine rings is 1. The van der Waals surface area contributed by atoms with E-state index in [0.29, 0.717) is 0 Å². The summed E-state index contributed by atoms with van der Waals surface area (Å²) in [5.74, 6) is 6.47. The maximum atomic E-state index is 12.0. The number of hydrogen-bond donors (Lipinski definition) is 1. The van der Waals surface area contributed by atoms with Gasteiger partial charge in [-0.25, -0.2) is 4.79 Å². The van der Waals surface area contributed by atoms with Crippen LogP contribution in [0, 0.1) is 11.8 Å². The Kier molecular flexibility index (Phi) is 6.18. The number of H-pyrrole nitrogens is 1. The number of benzene rings is 2. The van der Waals surface area contributed by atoms with Crippen molar-refractivity contribution in [3.05, 3.63) is 81.9 Å². The smallest absolute Gasteiger partial charge is 0.326 e. The van der Waals surface area contributed by atoms with Crippen molar-refractivity contribution in [1.29, 1.82) is 0 Å². The topological polar surface area (TPSA) is 50.3 Å². The van der Waals surface area contributed by atoms with Crippen molar-refractivity contribution >= 4 is 0 Å². The summed E-state index contributed by atoms with van der Waals surface area (Å²) in [5, 5.41) is 0. The minimum Gasteiger partial charge on any atom is -0.379 e. The normalized spacial score (nSPS) is 14.5. The van der Waals surface area contributed by atoms with Crippen LogP contribution in [0.15, 0.2) is 59.5 Å². The van der Waals surface area contributed by atoms with E-state index in [1.807, 2.05) is 38.1 Å². The molecule has 0 saturated carbocycles. The van der Waals surface area contributed by atoms with E-state index in [4.69, 9.17) is 4.74 Å². The fourth-order valence-corrected chi connectivity index (χ4v) is 3.69. The molecule has 1 fully saturated rings. The molecule has 5 heteroatoms. The van der Waals surface area contributed by atoms with Gasteiger partial charge >= 0.3 is 5.69 Å². The fraction of sp³-hybridized carbons (Fsp3) is 0.320. The quantitative estimate of drug-likeness (QED) is 0.679. The zero-order valence-corrected chi connectivity index (χ0v) is 17.5. The number of nitrogens with one attached hydrogen (secondary N) is 1. The summed E-state index contributed by atoms with van der Waals surface area (Å²) in [6.45, 7) is 8.60. The lowest BCUT2D eigenvalue weighted by molar-refractivity contribution is 0.0342. The highest BCUT2D eigenvalue weighted by molar-refractivity contribution is 5.60. The van der Waals surface area contributed by atoms with E-state index in [1.54, 1.807) is 10.8 Å². The minimum absolute atomic E-state index is 0.0825. The van der Waals surface area contributed by atoms with Crippen molar-refractivity contribution in [2.24, 2.45) is 0 Å².